The second-order valence-corrected chi connectivity index (χ2v) is 4.16. The van der Waals surface area contributed by atoms with Crippen LogP contribution in [0.25, 0.3) is 0 Å². The van der Waals surface area contributed by atoms with Crippen molar-refractivity contribution in [2.75, 3.05) is 31.6 Å². The molecule has 0 aliphatic rings. The number of urea groups is 1. The molecule has 3 N–H and O–H groups in total. The standard InChI is InChI=1S/C12H17ClN2O3/c13-10-3-1-4-11(9-10)14-12(18)15(6-8-17)5-2-7-16/h1,3-4,9,16-17H,2,5-8H2,(H,14,18). The zero-order valence-electron chi connectivity index (χ0n) is 9.97. The number of carbonyl (C=O) groups is 1. The summed E-state index contributed by atoms with van der Waals surface area (Å²) in [5.74, 6) is 0. The van der Waals surface area contributed by atoms with Gasteiger partial charge >= 0.3 is 6.03 Å². The van der Waals surface area contributed by atoms with E-state index < -0.39 is 0 Å². The van der Waals surface area contributed by atoms with Gasteiger partial charge in [0.15, 0.2) is 0 Å². The number of anilines is 1. The Morgan fingerprint density at radius 1 is 1.28 bits per heavy atom. The van der Waals surface area contributed by atoms with Gasteiger partial charge in [-0.15, -0.1) is 0 Å². The number of benzene rings is 1. The van der Waals surface area contributed by atoms with Gasteiger partial charge in [-0.05, 0) is 24.6 Å². The molecular formula is C12H17ClN2O3. The van der Waals surface area contributed by atoms with E-state index in [1.807, 2.05) is 0 Å². The fraction of sp³-hybridized carbons (Fsp3) is 0.417. The van der Waals surface area contributed by atoms with Gasteiger partial charge < -0.3 is 20.4 Å². The molecule has 18 heavy (non-hydrogen) atoms. The third kappa shape index (κ3) is 4.91. The van der Waals surface area contributed by atoms with Crippen LogP contribution >= 0.6 is 11.6 Å². The van der Waals surface area contributed by atoms with Gasteiger partial charge in [-0.3, -0.25) is 0 Å². The molecule has 0 fully saturated rings. The molecule has 6 heteroatoms. The normalized spacial score (nSPS) is 10.2. The number of hydrogen-bond donors (Lipinski definition) is 3. The van der Waals surface area contributed by atoms with Crippen molar-refractivity contribution in [3.05, 3.63) is 29.3 Å². The lowest BCUT2D eigenvalue weighted by molar-refractivity contribution is 0.180. The molecule has 0 aliphatic heterocycles. The molecule has 0 heterocycles. The molecule has 100 valence electrons. The second kappa shape index (κ2) is 7.92. The van der Waals surface area contributed by atoms with Crippen LogP contribution in [0.15, 0.2) is 24.3 Å². The van der Waals surface area contributed by atoms with Gasteiger partial charge in [0.2, 0.25) is 0 Å². The third-order valence-electron chi connectivity index (χ3n) is 2.32. The van der Waals surface area contributed by atoms with E-state index in [4.69, 9.17) is 21.8 Å². The molecule has 0 saturated carbocycles. The number of hydrogen-bond acceptors (Lipinski definition) is 3. The number of rotatable bonds is 6. The van der Waals surface area contributed by atoms with Crippen molar-refractivity contribution in [1.82, 2.24) is 4.90 Å². The van der Waals surface area contributed by atoms with Crippen LogP contribution in [0.5, 0.6) is 0 Å². The maximum Gasteiger partial charge on any atom is 0.321 e. The predicted molar refractivity (Wildman–Crippen MR) is 70.8 cm³/mol. The largest absolute Gasteiger partial charge is 0.396 e. The molecular weight excluding hydrogens is 256 g/mol. The predicted octanol–water partition coefficient (Wildman–Crippen LogP) is 1.55. The summed E-state index contributed by atoms with van der Waals surface area (Å²) in [6.07, 6.45) is 0.475. The van der Waals surface area contributed by atoms with Gasteiger partial charge in [-0.2, -0.15) is 0 Å². The summed E-state index contributed by atoms with van der Waals surface area (Å²) in [5.41, 5.74) is 0.597. The quantitative estimate of drug-likeness (QED) is 0.736. The van der Waals surface area contributed by atoms with Gasteiger partial charge in [0.1, 0.15) is 0 Å². The average molecular weight is 273 g/mol. The molecule has 5 nitrogen and oxygen atoms in total. The minimum Gasteiger partial charge on any atom is -0.396 e. The van der Waals surface area contributed by atoms with Crippen molar-refractivity contribution >= 4 is 23.3 Å². The van der Waals surface area contributed by atoms with Crippen LogP contribution in [0.3, 0.4) is 0 Å². The number of aliphatic hydroxyl groups is 2. The highest BCUT2D eigenvalue weighted by Gasteiger charge is 2.12. The van der Waals surface area contributed by atoms with Crippen LogP contribution in [0.2, 0.25) is 5.02 Å². The van der Waals surface area contributed by atoms with Crippen molar-refractivity contribution in [3.63, 3.8) is 0 Å². The maximum absolute atomic E-state index is 11.9. The van der Waals surface area contributed by atoms with E-state index in [9.17, 15) is 4.79 Å². The zero-order chi connectivity index (χ0) is 13.4. The lowest BCUT2D eigenvalue weighted by Crippen LogP contribution is -2.38. The van der Waals surface area contributed by atoms with E-state index >= 15 is 0 Å². The Bertz CT molecular complexity index is 387. The zero-order valence-corrected chi connectivity index (χ0v) is 10.7. The Morgan fingerprint density at radius 3 is 2.67 bits per heavy atom. The highest BCUT2D eigenvalue weighted by Crippen LogP contribution is 2.15. The molecule has 0 aromatic heterocycles. The van der Waals surface area contributed by atoms with Crippen LogP contribution in [-0.4, -0.2) is 47.4 Å². The fourth-order valence-corrected chi connectivity index (χ4v) is 1.66. The molecule has 0 spiro atoms. The first-order valence-electron chi connectivity index (χ1n) is 5.70. The number of nitrogens with zero attached hydrogens (tertiary/aromatic N) is 1. The Morgan fingerprint density at radius 2 is 2.06 bits per heavy atom. The topological polar surface area (TPSA) is 72.8 Å². The van der Waals surface area contributed by atoms with Crippen molar-refractivity contribution in [2.45, 2.75) is 6.42 Å². The fourth-order valence-electron chi connectivity index (χ4n) is 1.47. The molecule has 0 radical (unpaired) electrons. The highest BCUT2D eigenvalue weighted by atomic mass is 35.5. The first-order valence-corrected chi connectivity index (χ1v) is 6.08. The van der Waals surface area contributed by atoms with E-state index in [2.05, 4.69) is 5.32 Å². The molecule has 1 aromatic carbocycles. The lowest BCUT2D eigenvalue weighted by atomic mass is 10.3. The van der Waals surface area contributed by atoms with Crippen molar-refractivity contribution in [3.8, 4) is 0 Å². The number of carbonyl (C=O) groups excluding carboxylic acids is 1. The summed E-state index contributed by atoms with van der Waals surface area (Å²) in [6, 6.07) is 6.51. The van der Waals surface area contributed by atoms with Gasteiger partial charge in [-0.1, -0.05) is 17.7 Å². The van der Waals surface area contributed by atoms with Gasteiger partial charge in [-0.25, -0.2) is 4.79 Å². The number of halogens is 1. The molecule has 0 bridgehead atoms. The number of aliphatic hydroxyl groups excluding tert-OH is 2. The van der Waals surface area contributed by atoms with E-state index in [1.54, 1.807) is 24.3 Å². The molecule has 0 atom stereocenters. The smallest absolute Gasteiger partial charge is 0.321 e. The van der Waals surface area contributed by atoms with E-state index in [-0.39, 0.29) is 25.8 Å². The highest BCUT2D eigenvalue weighted by molar-refractivity contribution is 6.30. The molecule has 0 aliphatic carbocycles. The number of amides is 2. The van der Waals surface area contributed by atoms with Crippen molar-refractivity contribution in [2.24, 2.45) is 0 Å². The maximum atomic E-state index is 11.9. The van der Waals surface area contributed by atoms with E-state index in [0.717, 1.165) is 0 Å². The van der Waals surface area contributed by atoms with Crippen LogP contribution in [0, 0.1) is 0 Å². The van der Waals surface area contributed by atoms with E-state index in [1.165, 1.54) is 4.90 Å². The Balaban J connectivity index is 2.60. The molecule has 1 rings (SSSR count). The van der Waals surface area contributed by atoms with Gasteiger partial charge in [0.05, 0.1) is 6.61 Å². The Hall–Kier alpha value is -1.30. The minimum atomic E-state index is -0.320. The summed E-state index contributed by atoms with van der Waals surface area (Å²) >= 11 is 5.81. The Labute approximate surface area is 111 Å². The van der Waals surface area contributed by atoms with E-state index in [0.29, 0.717) is 23.7 Å². The SMILES string of the molecule is O=C(Nc1cccc(Cl)c1)N(CCO)CCCO. The first-order chi connectivity index (χ1) is 8.67. The van der Waals surface area contributed by atoms with Crippen LogP contribution < -0.4 is 5.32 Å². The minimum absolute atomic E-state index is 0.00632. The third-order valence-corrected chi connectivity index (χ3v) is 2.55. The summed E-state index contributed by atoms with van der Waals surface area (Å²) in [7, 11) is 0. The molecule has 0 unspecified atom stereocenters. The van der Waals surface area contributed by atoms with Crippen LogP contribution in [0.1, 0.15) is 6.42 Å². The molecule has 2 amide bonds. The average Bonchev–Trinajstić information content (AvgIpc) is 2.34. The summed E-state index contributed by atoms with van der Waals surface area (Å²) in [6.45, 7) is 0.511. The summed E-state index contributed by atoms with van der Waals surface area (Å²) in [4.78, 5) is 13.3. The molecule has 1 aromatic rings. The summed E-state index contributed by atoms with van der Waals surface area (Å²) in [5, 5.41) is 20.9. The molecule has 0 saturated heterocycles. The van der Waals surface area contributed by atoms with Gasteiger partial charge in [0, 0.05) is 30.4 Å². The number of nitrogens with one attached hydrogen (secondary N) is 1. The van der Waals surface area contributed by atoms with Crippen molar-refractivity contribution < 1.29 is 15.0 Å². The first kappa shape index (κ1) is 14.8. The van der Waals surface area contributed by atoms with Crippen LogP contribution in [0.4, 0.5) is 10.5 Å². The summed E-state index contributed by atoms with van der Waals surface area (Å²) < 4.78 is 0. The van der Waals surface area contributed by atoms with Crippen LogP contribution in [-0.2, 0) is 0 Å². The van der Waals surface area contributed by atoms with Crippen molar-refractivity contribution in [1.29, 1.82) is 0 Å². The second-order valence-electron chi connectivity index (χ2n) is 3.73. The lowest BCUT2D eigenvalue weighted by Gasteiger charge is -2.21. The Kier molecular flexibility index (Phi) is 6.49. The monoisotopic (exact) mass is 272 g/mol. The van der Waals surface area contributed by atoms with Gasteiger partial charge in [0.25, 0.3) is 0 Å².